The zero-order valence-electron chi connectivity index (χ0n) is 13.6. The van der Waals surface area contributed by atoms with Gasteiger partial charge < -0.3 is 14.6 Å². The summed E-state index contributed by atoms with van der Waals surface area (Å²) in [7, 11) is 0. The molecule has 1 fully saturated rings. The molecule has 0 radical (unpaired) electrons. The minimum Gasteiger partial charge on any atom is -0.403 e. The number of benzene rings is 1. The average molecular weight is 354 g/mol. The van der Waals surface area contributed by atoms with E-state index in [0.717, 1.165) is 32.0 Å². The first-order valence-corrected chi connectivity index (χ1v) is 7.86. The highest BCUT2D eigenvalue weighted by Gasteiger charge is 2.34. The van der Waals surface area contributed by atoms with Gasteiger partial charge in [-0.15, -0.1) is 5.10 Å². The van der Waals surface area contributed by atoms with Gasteiger partial charge in [0.2, 0.25) is 6.41 Å². The van der Waals surface area contributed by atoms with Crippen LogP contribution in [0.2, 0.25) is 0 Å². The second-order valence-electron chi connectivity index (χ2n) is 5.93. The summed E-state index contributed by atoms with van der Waals surface area (Å²) in [6, 6.07) is 2.30. The fraction of sp³-hybridized carbons (Fsp3) is 0.438. The molecule has 0 saturated carbocycles. The lowest BCUT2D eigenvalue weighted by atomic mass is 9.99. The zero-order valence-corrected chi connectivity index (χ0v) is 13.6. The van der Waals surface area contributed by atoms with E-state index in [1.807, 2.05) is 10.2 Å². The maximum absolute atomic E-state index is 14.4. The molecule has 134 valence electrons. The molecule has 0 unspecified atom stereocenters. The summed E-state index contributed by atoms with van der Waals surface area (Å²) in [5.74, 6) is -4.33. The van der Waals surface area contributed by atoms with Crippen LogP contribution in [0.25, 0.3) is 11.5 Å². The van der Waals surface area contributed by atoms with Crippen LogP contribution in [0.5, 0.6) is 0 Å². The SMILES string of the molecule is Cc1cc(-c2nnc(N3CCCC3)o2)c(F)cc1C(F)(F)CNC=O. The fourth-order valence-electron chi connectivity index (χ4n) is 2.87. The summed E-state index contributed by atoms with van der Waals surface area (Å²) in [5.41, 5.74) is -0.365. The molecular weight excluding hydrogens is 337 g/mol. The molecule has 9 heteroatoms. The van der Waals surface area contributed by atoms with Crippen molar-refractivity contribution < 1.29 is 22.4 Å². The van der Waals surface area contributed by atoms with E-state index >= 15 is 0 Å². The summed E-state index contributed by atoms with van der Waals surface area (Å²) in [5, 5.41) is 9.65. The number of aromatic nitrogens is 2. The summed E-state index contributed by atoms with van der Waals surface area (Å²) < 4.78 is 48.0. The Morgan fingerprint density at radius 2 is 2.04 bits per heavy atom. The minimum atomic E-state index is -3.39. The molecule has 1 N–H and O–H groups in total. The zero-order chi connectivity index (χ0) is 18.0. The molecule has 1 aromatic carbocycles. The number of anilines is 1. The lowest BCUT2D eigenvalue weighted by Crippen LogP contribution is -2.30. The Bertz CT molecular complexity index is 773. The highest BCUT2D eigenvalue weighted by atomic mass is 19.3. The van der Waals surface area contributed by atoms with Crippen molar-refractivity contribution in [3.05, 3.63) is 29.1 Å². The summed E-state index contributed by atoms with van der Waals surface area (Å²) in [6.45, 7) is 2.11. The van der Waals surface area contributed by atoms with Gasteiger partial charge in [-0.25, -0.2) is 4.39 Å². The van der Waals surface area contributed by atoms with Gasteiger partial charge in [0.15, 0.2) is 0 Å². The van der Waals surface area contributed by atoms with Crippen molar-refractivity contribution in [3.63, 3.8) is 0 Å². The summed E-state index contributed by atoms with van der Waals surface area (Å²) in [4.78, 5) is 12.1. The van der Waals surface area contributed by atoms with Gasteiger partial charge in [0, 0.05) is 18.7 Å². The number of rotatable bonds is 6. The molecule has 1 saturated heterocycles. The van der Waals surface area contributed by atoms with E-state index in [4.69, 9.17) is 4.42 Å². The smallest absolute Gasteiger partial charge is 0.318 e. The summed E-state index contributed by atoms with van der Waals surface area (Å²) >= 11 is 0. The van der Waals surface area contributed by atoms with Crippen LogP contribution in [0, 0.1) is 12.7 Å². The van der Waals surface area contributed by atoms with Gasteiger partial charge in [-0.05, 0) is 37.5 Å². The van der Waals surface area contributed by atoms with Gasteiger partial charge in [-0.3, -0.25) is 4.79 Å². The Morgan fingerprint density at radius 3 is 2.72 bits per heavy atom. The third-order valence-electron chi connectivity index (χ3n) is 4.14. The first kappa shape index (κ1) is 17.2. The largest absolute Gasteiger partial charge is 0.403 e. The molecule has 1 amide bonds. The second kappa shape index (κ2) is 6.73. The number of carbonyl (C=O) groups excluding carboxylic acids is 1. The van der Waals surface area contributed by atoms with Gasteiger partial charge in [-0.2, -0.15) is 8.78 Å². The van der Waals surface area contributed by atoms with Crippen molar-refractivity contribution in [2.75, 3.05) is 24.5 Å². The van der Waals surface area contributed by atoms with E-state index in [0.29, 0.717) is 6.01 Å². The number of alkyl halides is 2. The molecular formula is C16H17F3N4O2. The number of aryl methyl sites for hydroxylation is 1. The summed E-state index contributed by atoms with van der Waals surface area (Å²) in [6.07, 6.45) is 2.21. The number of nitrogens with zero attached hydrogens (tertiary/aromatic N) is 3. The van der Waals surface area contributed by atoms with E-state index in [1.54, 1.807) is 0 Å². The maximum Gasteiger partial charge on any atom is 0.318 e. The topological polar surface area (TPSA) is 71.3 Å². The molecule has 1 aliphatic rings. The van der Waals surface area contributed by atoms with E-state index in [1.165, 1.54) is 13.0 Å². The van der Waals surface area contributed by atoms with Crippen molar-refractivity contribution in [2.45, 2.75) is 25.7 Å². The molecule has 1 aromatic heterocycles. The van der Waals surface area contributed by atoms with Gasteiger partial charge in [0.25, 0.3) is 11.8 Å². The van der Waals surface area contributed by atoms with Crippen molar-refractivity contribution in [3.8, 4) is 11.5 Å². The number of halogens is 3. The first-order chi connectivity index (χ1) is 11.9. The molecule has 0 spiro atoms. The van der Waals surface area contributed by atoms with Gasteiger partial charge in [0.1, 0.15) is 5.82 Å². The molecule has 0 atom stereocenters. The van der Waals surface area contributed by atoms with Crippen molar-refractivity contribution >= 4 is 12.4 Å². The molecule has 6 nitrogen and oxygen atoms in total. The number of carbonyl (C=O) groups is 1. The Labute approximate surface area is 142 Å². The molecule has 0 aliphatic carbocycles. The molecule has 3 rings (SSSR count). The lowest BCUT2D eigenvalue weighted by molar-refractivity contribution is -0.111. The van der Waals surface area contributed by atoms with Crippen LogP contribution in [-0.4, -0.2) is 36.2 Å². The Kier molecular flexibility index (Phi) is 4.65. The van der Waals surface area contributed by atoms with E-state index < -0.39 is 23.8 Å². The van der Waals surface area contributed by atoms with Crippen LogP contribution in [0.4, 0.5) is 19.2 Å². The Morgan fingerprint density at radius 1 is 1.32 bits per heavy atom. The van der Waals surface area contributed by atoms with Crippen LogP contribution >= 0.6 is 0 Å². The maximum atomic E-state index is 14.4. The van der Waals surface area contributed by atoms with E-state index in [9.17, 15) is 18.0 Å². The highest BCUT2D eigenvalue weighted by Crippen LogP contribution is 2.34. The monoisotopic (exact) mass is 354 g/mol. The number of hydrogen-bond donors (Lipinski definition) is 1. The third kappa shape index (κ3) is 3.45. The average Bonchev–Trinajstić information content (AvgIpc) is 3.25. The molecule has 0 bridgehead atoms. The first-order valence-electron chi connectivity index (χ1n) is 7.86. The minimum absolute atomic E-state index is 0.0293. The van der Waals surface area contributed by atoms with E-state index in [2.05, 4.69) is 10.2 Å². The molecule has 1 aliphatic heterocycles. The standard InChI is InChI=1S/C16H17F3N4O2/c1-10-6-11(13(17)7-12(10)16(18,19)8-20-9-24)14-21-22-15(25-14)23-4-2-3-5-23/h6-7,9H,2-5,8H2,1H3,(H,20,24). The predicted molar refractivity (Wildman–Crippen MR) is 83.8 cm³/mol. The highest BCUT2D eigenvalue weighted by molar-refractivity contribution is 5.58. The van der Waals surface area contributed by atoms with Crippen LogP contribution in [0.15, 0.2) is 16.5 Å². The number of hydrogen-bond acceptors (Lipinski definition) is 5. The predicted octanol–water partition coefficient (Wildman–Crippen LogP) is 2.62. The van der Waals surface area contributed by atoms with Crippen LogP contribution < -0.4 is 10.2 Å². The van der Waals surface area contributed by atoms with Crippen molar-refractivity contribution in [1.82, 2.24) is 15.5 Å². The molecule has 2 heterocycles. The second-order valence-corrected chi connectivity index (χ2v) is 5.93. The van der Waals surface area contributed by atoms with Crippen LogP contribution in [-0.2, 0) is 10.7 Å². The number of amides is 1. The van der Waals surface area contributed by atoms with Gasteiger partial charge in [-0.1, -0.05) is 5.10 Å². The lowest BCUT2D eigenvalue weighted by Gasteiger charge is -2.19. The van der Waals surface area contributed by atoms with Crippen LogP contribution in [0.1, 0.15) is 24.0 Å². The normalized spacial score (nSPS) is 14.8. The van der Waals surface area contributed by atoms with Crippen molar-refractivity contribution in [1.29, 1.82) is 0 Å². The third-order valence-corrected chi connectivity index (χ3v) is 4.14. The van der Waals surface area contributed by atoms with Crippen LogP contribution in [0.3, 0.4) is 0 Å². The van der Waals surface area contributed by atoms with Gasteiger partial charge >= 0.3 is 6.01 Å². The van der Waals surface area contributed by atoms with E-state index in [-0.39, 0.29) is 23.4 Å². The molecule has 25 heavy (non-hydrogen) atoms. The molecule has 2 aromatic rings. The Balaban J connectivity index is 1.91. The fourth-order valence-corrected chi connectivity index (χ4v) is 2.87. The van der Waals surface area contributed by atoms with Crippen molar-refractivity contribution in [2.24, 2.45) is 0 Å². The Hall–Kier alpha value is -2.58. The quantitative estimate of drug-likeness (QED) is 0.808. The number of nitrogens with one attached hydrogen (secondary N) is 1. The van der Waals surface area contributed by atoms with Gasteiger partial charge in [0.05, 0.1) is 12.1 Å².